The largest absolute Gasteiger partial charge is 0.301 e. The monoisotopic (exact) mass is 201 g/mol. The zero-order chi connectivity index (χ0) is 9.84. The van der Waals surface area contributed by atoms with Crippen LogP contribution in [0.2, 0.25) is 0 Å². The summed E-state index contributed by atoms with van der Waals surface area (Å²) in [4.78, 5) is 2.60. The average Bonchev–Trinajstić information content (AvgIpc) is 2.80. The molecule has 0 aromatic heterocycles. The minimum absolute atomic E-state index is 0.542. The molecule has 1 rings (SSSR count). The molecule has 0 bridgehead atoms. The maximum Gasteiger partial charge on any atom is 0.00387 e. The molecule has 1 aliphatic rings. The van der Waals surface area contributed by atoms with E-state index >= 15 is 0 Å². The highest BCUT2D eigenvalue weighted by molar-refractivity contribution is 7.80. The van der Waals surface area contributed by atoms with Crippen molar-refractivity contribution in [2.45, 2.75) is 51.3 Å². The highest BCUT2D eigenvalue weighted by Crippen LogP contribution is 2.30. The first-order valence-corrected chi connectivity index (χ1v) is 6.03. The van der Waals surface area contributed by atoms with Crippen LogP contribution in [0, 0.1) is 5.92 Å². The van der Waals surface area contributed by atoms with Gasteiger partial charge in [-0.3, -0.25) is 0 Å². The fraction of sp³-hybridized carbons (Fsp3) is 1.00. The van der Waals surface area contributed by atoms with E-state index in [9.17, 15) is 0 Å². The summed E-state index contributed by atoms with van der Waals surface area (Å²) < 4.78 is 0. The second-order valence-corrected chi connectivity index (χ2v) is 5.55. The molecule has 2 heteroatoms. The molecule has 1 aliphatic carbocycles. The van der Waals surface area contributed by atoms with Crippen molar-refractivity contribution >= 4 is 12.6 Å². The molecule has 1 saturated carbocycles. The molecular weight excluding hydrogens is 178 g/mol. The van der Waals surface area contributed by atoms with Crippen LogP contribution in [0.4, 0.5) is 0 Å². The molecular formula is C11H23NS. The molecule has 1 unspecified atom stereocenters. The molecule has 0 radical (unpaired) electrons. The predicted octanol–water partition coefficient (Wildman–Crippen LogP) is 2.82. The molecule has 1 fully saturated rings. The number of nitrogens with zero attached hydrogens (tertiary/aromatic N) is 1. The Balaban J connectivity index is 2.20. The van der Waals surface area contributed by atoms with E-state index in [0.717, 1.165) is 5.92 Å². The first kappa shape index (κ1) is 11.4. The Morgan fingerprint density at radius 3 is 2.31 bits per heavy atom. The molecule has 1 nitrogen and oxygen atoms in total. The third-order valence-corrected chi connectivity index (χ3v) is 3.01. The second-order valence-electron chi connectivity index (χ2n) is 4.67. The Morgan fingerprint density at radius 1 is 1.31 bits per heavy atom. The maximum absolute atomic E-state index is 4.42. The van der Waals surface area contributed by atoms with Crippen LogP contribution in [0.1, 0.15) is 40.0 Å². The van der Waals surface area contributed by atoms with Gasteiger partial charge in [0.2, 0.25) is 0 Å². The summed E-state index contributed by atoms with van der Waals surface area (Å²) >= 11 is 4.42. The average molecular weight is 201 g/mol. The van der Waals surface area contributed by atoms with Gasteiger partial charge in [0.05, 0.1) is 0 Å². The fourth-order valence-electron chi connectivity index (χ4n) is 1.55. The number of rotatable bonds is 6. The summed E-state index contributed by atoms with van der Waals surface area (Å²) in [6.07, 6.45) is 4.13. The van der Waals surface area contributed by atoms with Gasteiger partial charge in [0.1, 0.15) is 0 Å². The van der Waals surface area contributed by atoms with Crippen LogP contribution in [0.5, 0.6) is 0 Å². The summed E-state index contributed by atoms with van der Waals surface area (Å²) in [7, 11) is 0. The van der Waals surface area contributed by atoms with Gasteiger partial charge in [-0.05, 0) is 45.6 Å². The van der Waals surface area contributed by atoms with Crippen LogP contribution < -0.4 is 0 Å². The predicted molar refractivity (Wildman–Crippen MR) is 62.5 cm³/mol. The van der Waals surface area contributed by atoms with Gasteiger partial charge in [-0.2, -0.15) is 12.6 Å². The maximum atomic E-state index is 4.42. The van der Waals surface area contributed by atoms with Gasteiger partial charge in [0.15, 0.2) is 0 Å². The molecule has 0 aromatic carbocycles. The van der Waals surface area contributed by atoms with Crippen molar-refractivity contribution in [2.24, 2.45) is 5.92 Å². The van der Waals surface area contributed by atoms with E-state index in [2.05, 4.69) is 38.3 Å². The second kappa shape index (κ2) is 5.26. The Labute approximate surface area is 88.3 Å². The van der Waals surface area contributed by atoms with Gasteiger partial charge in [-0.25, -0.2) is 0 Å². The van der Waals surface area contributed by atoms with Crippen LogP contribution in [0.25, 0.3) is 0 Å². The van der Waals surface area contributed by atoms with Gasteiger partial charge >= 0.3 is 0 Å². The van der Waals surface area contributed by atoms with Gasteiger partial charge in [0.25, 0.3) is 0 Å². The minimum Gasteiger partial charge on any atom is -0.301 e. The topological polar surface area (TPSA) is 3.24 Å². The fourth-order valence-corrected chi connectivity index (χ4v) is 1.66. The van der Waals surface area contributed by atoms with Crippen molar-refractivity contribution in [1.82, 2.24) is 4.90 Å². The van der Waals surface area contributed by atoms with Crippen molar-refractivity contribution in [3.8, 4) is 0 Å². The lowest BCUT2D eigenvalue weighted by atomic mass is 10.2. The zero-order valence-corrected chi connectivity index (χ0v) is 10.1. The van der Waals surface area contributed by atoms with Gasteiger partial charge in [-0.15, -0.1) is 0 Å². The highest BCUT2D eigenvalue weighted by atomic mass is 32.1. The van der Waals surface area contributed by atoms with E-state index in [4.69, 9.17) is 0 Å². The molecule has 0 aliphatic heterocycles. The smallest absolute Gasteiger partial charge is 0.00387 e. The quantitative estimate of drug-likeness (QED) is 0.647. The van der Waals surface area contributed by atoms with Crippen LogP contribution in [-0.4, -0.2) is 29.3 Å². The number of thiol groups is 1. The van der Waals surface area contributed by atoms with Crippen LogP contribution in [0.15, 0.2) is 0 Å². The molecule has 0 aromatic rings. The van der Waals surface area contributed by atoms with Gasteiger partial charge < -0.3 is 4.90 Å². The Kier molecular flexibility index (Phi) is 4.60. The first-order chi connectivity index (χ1) is 6.09. The van der Waals surface area contributed by atoms with Crippen LogP contribution >= 0.6 is 12.6 Å². The SMILES string of the molecule is CC(S)CCN(CC1CC1)C(C)C. The van der Waals surface area contributed by atoms with Crippen molar-refractivity contribution in [3.05, 3.63) is 0 Å². The van der Waals surface area contributed by atoms with Crippen molar-refractivity contribution in [2.75, 3.05) is 13.1 Å². The molecule has 0 N–H and O–H groups in total. The summed E-state index contributed by atoms with van der Waals surface area (Å²) in [5.41, 5.74) is 0. The van der Waals surface area contributed by atoms with E-state index in [-0.39, 0.29) is 0 Å². The first-order valence-electron chi connectivity index (χ1n) is 5.51. The standard InChI is InChI=1S/C11H23NS/c1-9(2)12(7-6-10(3)13)8-11-4-5-11/h9-11,13H,4-8H2,1-3H3. The molecule has 78 valence electrons. The number of hydrogen-bond donors (Lipinski definition) is 1. The number of hydrogen-bond acceptors (Lipinski definition) is 2. The van der Waals surface area contributed by atoms with E-state index in [1.165, 1.54) is 32.4 Å². The lowest BCUT2D eigenvalue weighted by molar-refractivity contribution is 0.210. The van der Waals surface area contributed by atoms with E-state index in [0.29, 0.717) is 11.3 Å². The Morgan fingerprint density at radius 2 is 1.92 bits per heavy atom. The summed E-state index contributed by atoms with van der Waals surface area (Å²) in [6.45, 7) is 9.31. The van der Waals surface area contributed by atoms with Crippen molar-refractivity contribution in [1.29, 1.82) is 0 Å². The lowest BCUT2D eigenvalue weighted by Crippen LogP contribution is -2.34. The van der Waals surface area contributed by atoms with Crippen molar-refractivity contribution in [3.63, 3.8) is 0 Å². The third-order valence-electron chi connectivity index (χ3n) is 2.75. The van der Waals surface area contributed by atoms with Crippen LogP contribution in [-0.2, 0) is 0 Å². The third kappa shape index (κ3) is 4.92. The Bertz CT molecular complexity index is 141. The lowest BCUT2D eigenvalue weighted by Gasteiger charge is -2.26. The van der Waals surface area contributed by atoms with Gasteiger partial charge in [-0.1, -0.05) is 6.92 Å². The molecule has 13 heavy (non-hydrogen) atoms. The van der Waals surface area contributed by atoms with Crippen molar-refractivity contribution < 1.29 is 0 Å². The molecule has 0 amide bonds. The van der Waals surface area contributed by atoms with Gasteiger partial charge in [0, 0.05) is 17.8 Å². The van der Waals surface area contributed by atoms with E-state index < -0.39 is 0 Å². The molecule has 1 atom stereocenters. The summed E-state index contributed by atoms with van der Waals surface area (Å²) in [6, 6.07) is 0.702. The van der Waals surface area contributed by atoms with E-state index in [1.807, 2.05) is 0 Å². The van der Waals surface area contributed by atoms with E-state index in [1.54, 1.807) is 0 Å². The highest BCUT2D eigenvalue weighted by Gasteiger charge is 2.25. The summed E-state index contributed by atoms with van der Waals surface area (Å²) in [5, 5.41) is 0.542. The van der Waals surface area contributed by atoms with Crippen LogP contribution in [0.3, 0.4) is 0 Å². The minimum atomic E-state index is 0.542. The molecule has 0 spiro atoms. The molecule has 0 saturated heterocycles. The zero-order valence-electron chi connectivity index (χ0n) is 9.16. The molecule has 0 heterocycles. The summed E-state index contributed by atoms with van der Waals surface area (Å²) in [5.74, 6) is 1.01. The normalized spacial score (nSPS) is 19.8. The Hall–Kier alpha value is 0.310.